The molecular formula is C68H152F4Si10. The molecule has 0 radical (unpaired) electrons. The molecule has 82 heavy (non-hydrogen) atoms. The predicted octanol–water partition coefficient (Wildman–Crippen LogP) is 18.6. The summed E-state index contributed by atoms with van der Waals surface area (Å²) in [6, 6.07) is 14.2. The molecular weight excluding hydrogens is 1170 g/mol. The fraction of sp³-hybridized carbons (Fsp3) is 0.912. The van der Waals surface area contributed by atoms with Gasteiger partial charge in [-0.2, -0.15) is 17.6 Å². The highest BCUT2D eigenvalue weighted by atomic mass is 28.4. The van der Waals surface area contributed by atoms with Gasteiger partial charge in [-0.3, -0.25) is 0 Å². The third kappa shape index (κ3) is 33.3. The van der Waals surface area contributed by atoms with Crippen LogP contribution >= 0.6 is 0 Å². The lowest BCUT2D eigenvalue weighted by Crippen LogP contribution is -2.45. The third-order valence-corrected chi connectivity index (χ3v) is 55.2. The van der Waals surface area contributed by atoms with Crippen molar-refractivity contribution in [3.8, 4) is 0 Å². The van der Waals surface area contributed by atoms with Gasteiger partial charge < -0.3 is 0 Å². The van der Waals surface area contributed by atoms with Crippen molar-refractivity contribution >= 4 is 97.5 Å². The summed E-state index contributed by atoms with van der Waals surface area (Å²) in [4.78, 5) is 0. The zero-order chi connectivity index (χ0) is 64.1. The number of hydrogen-bond donors (Lipinski definition) is 0. The van der Waals surface area contributed by atoms with Crippen LogP contribution in [0.25, 0.3) is 0 Å². The van der Waals surface area contributed by atoms with Gasteiger partial charge in [-0.05, 0) is 126 Å². The molecule has 3 fully saturated rings. The second-order valence-electron chi connectivity index (χ2n) is 29.7. The Hall–Kier alpha value is 1.11. The van der Waals surface area contributed by atoms with E-state index in [1.807, 2.05) is 6.55 Å². The van der Waals surface area contributed by atoms with E-state index in [9.17, 15) is 17.6 Å². The van der Waals surface area contributed by atoms with Gasteiger partial charge in [-0.1, -0.05) is 279 Å². The molecule has 3 saturated carbocycles. The summed E-state index contributed by atoms with van der Waals surface area (Å²) >= 11 is 0. The first-order chi connectivity index (χ1) is 38.2. The van der Waals surface area contributed by atoms with Gasteiger partial charge in [0.1, 0.15) is 0 Å². The summed E-state index contributed by atoms with van der Waals surface area (Å²) in [6.45, 7) is 63.0. The normalized spacial score (nSPS) is 25.1. The standard InChI is InChI=1S/C13H28Si.C12H24Si.C11H18Si.C9H18F4Si.C9H26Si3.C8H22Si2.C6H16Si/c1-10(9-14-5)12-6-7-13(3,4)11(2)8-12;1-8-9(2)12-7-11(8)6-10(12)4-5-13-3;1-4-9(2)10-5-7-11(12-3)8-6-10;1-4-7(2)9(12,13)8(10,11)5-6-14-3;1-6-9(2)12(5,7-10-3)8-11-4;1-6-8(2)10(4,5)7-9-3;1-4-6(2)5-7-3/h10-12H,6-9,14H2,1-5H3;8-12H,4-7,13H2,1-3H3;5-9H,4,12H2,1-3H3;7H,4-6,14H2,1-3H3;9H,6-8,10-11H2,1-5H3;8H,6-7,9H2,1-5H3;6H,4-5,7H2,1-3H3. The molecule has 0 spiro atoms. The lowest BCUT2D eigenvalue weighted by molar-refractivity contribution is -0.234. The van der Waals surface area contributed by atoms with Crippen LogP contribution < -0.4 is 5.19 Å². The monoisotopic (exact) mass is 1320 g/mol. The summed E-state index contributed by atoms with van der Waals surface area (Å²) in [5.74, 6) is 1.26. The van der Waals surface area contributed by atoms with Gasteiger partial charge in [0, 0.05) is 95.1 Å². The first kappa shape index (κ1) is 87.3. The minimum absolute atomic E-state index is 0.0444. The summed E-state index contributed by atoms with van der Waals surface area (Å²) in [7, 11) is -0.0686. The molecule has 3 aliphatic rings. The Morgan fingerprint density at radius 2 is 1.12 bits per heavy atom. The Morgan fingerprint density at radius 3 is 1.50 bits per heavy atom. The summed E-state index contributed by atoms with van der Waals surface area (Å²) in [6.07, 6.45) is 14.1. The van der Waals surface area contributed by atoms with E-state index in [0.717, 1.165) is 70.3 Å². The highest BCUT2D eigenvalue weighted by Gasteiger charge is 2.57. The smallest absolute Gasteiger partial charge is 0.200 e. The molecule has 0 heterocycles. The molecule has 3 aliphatic carbocycles. The van der Waals surface area contributed by atoms with E-state index < -0.39 is 49.9 Å². The van der Waals surface area contributed by atoms with E-state index in [2.05, 4.69) is 187 Å². The number of halogens is 4. The van der Waals surface area contributed by atoms with Crippen LogP contribution in [0.15, 0.2) is 24.3 Å². The molecule has 1 aromatic rings. The van der Waals surface area contributed by atoms with E-state index in [1.165, 1.54) is 70.4 Å². The SMILES string of the molecule is CCC(C)C(F)(F)C(F)(F)CC[SiH2]C.CCC(C)C[SiH2]C.CCC(C)[Si](C)(C)C[SiH2]C.CCC(C)[Si](C)(C[SiH2]C)C[SiH2]C.CCC(C)c1ccc([SiH2]C)cc1.C[SiH2]CC(C)C1CCC(C)(C)C(C)C1.C[SiH2]CCC1CC2CC1C(C)C2C. The lowest BCUT2D eigenvalue weighted by Gasteiger charge is -2.42. The lowest BCUT2D eigenvalue weighted by atomic mass is 9.64. The first-order valence-electron chi connectivity index (χ1n) is 36.1. The van der Waals surface area contributed by atoms with Crippen LogP contribution in [0.3, 0.4) is 0 Å². The predicted molar refractivity (Wildman–Crippen MR) is 408 cm³/mol. The molecule has 0 aliphatic heterocycles. The molecule has 0 aromatic heterocycles. The van der Waals surface area contributed by atoms with Crippen molar-refractivity contribution in [3.05, 3.63) is 29.8 Å². The Labute approximate surface area is 535 Å². The maximum absolute atomic E-state index is 13.2. The quantitative estimate of drug-likeness (QED) is 0.0579. The summed E-state index contributed by atoms with van der Waals surface area (Å²) in [5, 5.41) is 1.57. The highest BCUT2D eigenvalue weighted by molar-refractivity contribution is 6.91. The molecule has 13 unspecified atom stereocenters. The van der Waals surface area contributed by atoms with Crippen LogP contribution in [0.5, 0.6) is 0 Å². The first-order valence-corrected chi connectivity index (χ1v) is 61.4. The van der Waals surface area contributed by atoms with Crippen LogP contribution in [0, 0.1) is 64.6 Å². The molecule has 13 atom stereocenters. The van der Waals surface area contributed by atoms with Gasteiger partial charge in [0.2, 0.25) is 0 Å². The van der Waals surface area contributed by atoms with Gasteiger partial charge in [0.15, 0.2) is 0 Å². The molecule has 0 amide bonds. The van der Waals surface area contributed by atoms with Gasteiger partial charge >= 0.3 is 11.8 Å². The Morgan fingerprint density at radius 1 is 0.598 bits per heavy atom. The molecule has 0 nitrogen and oxygen atoms in total. The minimum Gasteiger partial charge on any atom is -0.200 e. The van der Waals surface area contributed by atoms with Crippen LogP contribution in [0.1, 0.15) is 199 Å². The molecule has 492 valence electrons. The van der Waals surface area contributed by atoms with Crippen LogP contribution in [-0.4, -0.2) is 104 Å². The van der Waals surface area contributed by atoms with Gasteiger partial charge in [0.25, 0.3) is 0 Å². The number of benzene rings is 1. The Balaban J connectivity index is -0.000000895. The highest BCUT2D eigenvalue weighted by Crippen LogP contribution is 2.56. The van der Waals surface area contributed by atoms with Crippen LogP contribution in [0.4, 0.5) is 17.6 Å². The zero-order valence-electron chi connectivity index (χ0n) is 60.9. The summed E-state index contributed by atoms with van der Waals surface area (Å²) in [5.41, 5.74) is 9.30. The molecule has 1 aromatic carbocycles. The fourth-order valence-corrected chi connectivity index (χ4v) is 44.4. The van der Waals surface area contributed by atoms with Gasteiger partial charge in [-0.25, -0.2) is 0 Å². The van der Waals surface area contributed by atoms with Crippen molar-refractivity contribution in [1.29, 1.82) is 0 Å². The largest absolute Gasteiger partial charge is 0.312 e. The second-order valence-corrected chi connectivity index (χ2v) is 56.0. The van der Waals surface area contributed by atoms with E-state index in [1.54, 1.807) is 53.5 Å². The van der Waals surface area contributed by atoms with Crippen LogP contribution in [-0.2, 0) is 0 Å². The number of rotatable bonds is 28. The number of hydrogen-bond acceptors (Lipinski definition) is 0. The number of alkyl halides is 4. The molecule has 14 heteroatoms. The second kappa shape index (κ2) is 47.1. The molecule has 4 rings (SSSR count). The zero-order valence-corrected chi connectivity index (χ0v) is 74.2. The van der Waals surface area contributed by atoms with Crippen molar-refractivity contribution in [2.45, 2.75) is 330 Å². The minimum atomic E-state index is -3.86. The number of fused-ring (bicyclic) bond motifs is 2. The topological polar surface area (TPSA) is 0 Å². The van der Waals surface area contributed by atoms with Crippen molar-refractivity contribution in [2.75, 3.05) is 0 Å². The van der Waals surface area contributed by atoms with Crippen molar-refractivity contribution in [2.24, 2.45) is 64.6 Å². The van der Waals surface area contributed by atoms with Crippen molar-refractivity contribution < 1.29 is 17.6 Å². The molecule has 0 saturated heterocycles. The maximum atomic E-state index is 13.2. The average molecular weight is 1330 g/mol. The average Bonchev–Trinajstić information content (AvgIpc) is 4.00. The molecule has 0 N–H and O–H groups in total. The molecule has 2 bridgehead atoms. The van der Waals surface area contributed by atoms with Crippen molar-refractivity contribution in [1.82, 2.24) is 0 Å². The van der Waals surface area contributed by atoms with Gasteiger partial charge in [0.05, 0.1) is 9.52 Å². The Kier molecular flexibility index (Phi) is 50.1. The van der Waals surface area contributed by atoms with Crippen LogP contribution in [0.2, 0.25) is 124 Å². The van der Waals surface area contributed by atoms with E-state index in [4.69, 9.17) is 0 Å². The van der Waals surface area contributed by atoms with E-state index in [0.29, 0.717) is 53.0 Å². The Bertz CT molecular complexity index is 1630. The third-order valence-electron chi connectivity index (χ3n) is 22.6. The van der Waals surface area contributed by atoms with E-state index >= 15 is 0 Å². The van der Waals surface area contributed by atoms with Gasteiger partial charge in [-0.15, -0.1) is 0 Å². The maximum Gasteiger partial charge on any atom is 0.312 e. The van der Waals surface area contributed by atoms with Crippen molar-refractivity contribution in [3.63, 3.8) is 0 Å². The van der Waals surface area contributed by atoms with E-state index in [-0.39, 0.29) is 31.5 Å². The summed E-state index contributed by atoms with van der Waals surface area (Å²) < 4.78 is 52.6. The fourth-order valence-electron chi connectivity index (χ4n) is 13.7.